The summed E-state index contributed by atoms with van der Waals surface area (Å²) in [5, 5.41) is 0.623. The van der Waals surface area contributed by atoms with Gasteiger partial charge in [-0.2, -0.15) is 0 Å². The molecule has 2 aromatic carbocycles. The summed E-state index contributed by atoms with van der Waals surface area (Å²) in [6.45, 7) is 5.53. The molecule has 0 aliphatic carbocycles. The first-order chi connectivity index (χ1) is 14.2. The van der Waals surface area contributed by atoms with Gasteiger partial charge in [-0.15, -0.1) is 0 Å². The molecule has 0 amide bonds. The minimum absolute atomic E-state index is 0.0794. The molecular formula is C23H27BrN2O2S. The van der Waals surface area contributed by atoms with Crippen molar-refractivity contribution in [2.75, 3.05) is 39.4 Å². The smallest absolute Gasteiger partial charge is 0.260 e. The zero-order chi connectivity index (χ0) is 20.1. The molecule has 2 unspecified atom stereocenters. The van der Waals surface area contributed by atoms with Crippen LogP contribution in [0.5, 0.6) is 0 Å². The molecule has 0 bridgehead atoms. The third kappa shape index (κ3) is 5.37. The largest absolute Gasteiger partial charge is 0.465 e. The molecule has 0 spiro atoms. The summed E-state index contributed by atoms with van der Waals surface area (Å²) < 4.78 is 12.7. The zero-order valence-corrected chi connectivity index (χ0v) is 18.9. The van der Waals surface area contributed by atoms with Gasteiger partial charge in [0.1, 0.15) is 6.10 Å². The molecule has 2 aromatic rings. The molecular weight excluding hydrogens is 448 g/mol. The molecule has 2 aliphatic heterocycles. The number of ether oxygens (including phenoxy) is 2. The number of rotatable bonds is 7. The van der Waals surface area contributed by atoms with E-state index in [1.165, 1.54) is 11.1 Å². The Kier molecular flexibility index (Phi) is 7.19. The van der Waals surface area contributed by atoms with E-state index in [4.69, 9.17) is 21.7 Å². The van der Waals surface area contributed by atoms with Gasteiger partial charge in [0, 0.05) is 30.5 Å². The SMILES string of the molecule is S=C1OC(Cc2ccccc2Br)CN1C(CCN1CCOCC1)c1ccccc1. The van der Waals surface area contributed by atoms with E-state index in [-0.39, 0.29) is 12.1 Å². The molecule has 6 heteroatoms. The van der Waals surface area contributed by atoms with Crippen molar-refractivity contribution >= 4 is 33.3 Å². The summed E-state index contributed by atoms with van der Waals surface area (Å²) >= 11 is 9.32. The van der Waals surface area contributed by atoms with Crippen LogP contribution >= 0.6 is 28.1 Å². The van der Waals surface area contributed by atoms with Crippen LogP contribution in [0.2, 0.25) is 0 Å². The first-order valence-corrected chi connectivity index (χ1v) is 11.5. The maximum Gasteiger partial charge on any atom is 0.260 e. The van der Waals surface area contributed by atoms with Crippen molar-refractivity contribution in [3.8, 4) is 0 Å². The van der Waals surface area contributed by atoms with Gasteiger partial charge in [-0.1, -0.05) is 64.5 Å². The average molecular weight is 475 g/mol. The fourth-order valence-electron chi connectivity index (χ4n) is 4.12. The first kappa shape index (κ1) is 20.8. The van der Waals surface area contributed by atoms with Gasteiger partial charge in [0.2, 0.25) is 0 Å². The Morgan fingerprint density at radius 2 is 1.76 bits per heavy atom. The molecule has 0 aromatic heterocycles. The lowest BCUT2D eigenvalue weighted by Gasteiger charge is -2.32. The highest BCUT2D eigenvalue weighted by atomic mass is 79.9. The second kappa shape index (κ2) is 10.0. The van der Waals surface area contributed by atoms with Crippen LogP contribution in [-0.4, -0.2) is 60.5 Å². The van der Waals surface area contributed by atoms with Crippen LogP contribution in [0.3, 0.4) is 0 Å². The molecule has 2 fully saturated rings. The molecule has 0 radical (unpaired) electrons. The van der Waals surface area contributed by atoms with Crippen molar-refractivity contribution in [3.05, 3.63) is 70.2 Å². The van der Waals surface area contributed by atoms with Crippen LogP contribution in [0, 0.1) is 0 Å². The Labute approximate surface area is 186 Å². The molecule has 154 valence electrons. The number of nitrogens with zero attached hydrogens (tertiary/aromatic N) is 2. The first-order valence-electron chi connectivity index (χ1n) is 10.3. The van der Waals surface area contributed by atoms with E-state index in [1.807, 2.05) is 6.07 Å². The maximum atomic E-state index is 6.13. The number of morpholine rings is 1. The van der Waals surface area contributed by atoms with Gasteiger partial charge in [0.25, 0.3) is 5.17 Å². The van der Waals surface area contributed by atoms with Crippen molar-refractivity contribution in [2.24, 2.45) is 0 Å². The van der Waals surface area contributed by atoms with Crippen LogP contribution in [-0.2, 0) is 15.9 Å². The summed E-state index contributed by atoms with van der Waals surface area (Å²) in [6, 6.07) is 19.2. The van der Waals surface area contributed by atoms with Crippen LogP contribution in [0.1, 0.15) is 23.6 Å². The lowest BCUT2D eigenvalue weighted by Crippen LogP contribution is -2.39. The molecule has 29 heavy (non-hydrogen) atoms. The van der Waals surface area contributed by atoms with Crippen LogP contribution in [0.15, 0.2) is 59.1 Å². The van der Waals surface area contributed by atoms with E-state index in [0.717, 1.165) is 56.7 Å². The van der Waals surface area contributed by atoms with E-state index in [9.17, 15) is 0 Å². The topological polar surface area (TPSA) is 24.9 Å². The zero-order valence-electron chi connectivity index (χ0n) is 16.5. The fourth-order valence-corrected chi connectivity index (χ4v) is 4.90. The highest BCUT2D eigenvalue weighted by Gasteiger charge is 2.34. The average Bonchev–Trinajstić information content (AvgIpc) is 3.11. The highest BCUT2D eigenvalue weighted by molar-refractivity contribution is 9.10. The summed E-state index contributed by atoms with van der Waals surface area (Å²) in [4.78, 5) is 4.77. The van der Waals surface area contributed by atoms with Crippen LogP contribution < -0.4 is 0 Å². The van der Waals surface area contributed by atoms with Crippen molar-refractivity contribution in [1.29, 1.82) is 0 Å². The number of hydrogen-bond donors (Lipinski definition) is 0. The van der Waals surface area contributed by atoms with Gasteiger partial charge in [-0.3, -0.25) is 4.90 Å². The second-order valence-corrected chi connectivity index (χ2v) is 8.83. The summed E-state index contributed by atoms with van der Waals surface area (Å²) in [7, 11) is 0. The third-order valence-corrected chi connectivity index (χ3v) is 6.80. The Hall–Kier alpha value is -1.47. The summed E-state index contributed by atoms with van der Waals surface area (Å²) in [5.74, 6) is 0. The molecule has 4 nitrogen and oxygen atoms in total. The van der Waals surface area contributed by atoms with Gasteiger partial charge in [-0.05, 0) is 35.8 Å². The van der Waals surface area contributed by atoms with Crippen molar-refractivity contribution < 1.29 is 9.47 Å². The number of thiocarbonyl (C=S) groups is 1. The van der Waals surface area contributed by atoms with Gasteiger partial charge in [0.15, 0.2) is 0 Å². The molecule has 2 heterocycles. The van der Waals surface area contributed by atoms with Gasteiger partial charge in [0.05, 0.1) is 25.8 Å². The predicted octanol–water partition coefficient (Wildman–Crippen LogP) is 4.44. The van der Waals surface area contributed by atoms with Gasteiger partial charge < -0.3 is 14.4 Å². The minimum Gasteiger partial charge on any atom is -0.465 e. The van der Waals surface area contributed by atoms with Crippen molar-refractivity contribution in [3.63, 3.8) is 0 Å². The van der Waals surface area contributed by atoms with E-state index in [2.05, 4.69) is 74.3 Å². The van der Waals surface area contributed by atoms with Crippen LogP contribution in [0.25, 0.3) is 0 Å². The maximum absolute atomic E-state index is 6.13. The highest BCUT2D eigenvalue weighted by Crippen LogP contribution is 2.31. The van der Waals surface area contributed by atoms with E-state index >= 15 is 0 Å². The summed E-state index contributed by atoms with van der Waals surface area (Å²) in [5.41, 5.74) is 2.56. The van der Waals surface area contributed by atoms with Gasteiger partial charge >= 0.3 is 0 Å². The normalized spacial score (nSPS) is 21.2. The van der Waals surface area contributed by atoms with Crippen molar-refractivity contribution in [2.45, 2.75) is 25.0 Å². The molecule has 2 aliphatic rings. The molecule has 0 N–H and O–H groups in total. The predicted molar refractivity (Wildman–Crippen MR) is 123 cm³/mol. The third-order valence-electron chi connectivity index (χ3n) is 5.69. The van der Waals surface area contributed by atoms with Crippen LogP contribution in [0.4, 0.5) is 0 Å². The number of benzene rings is 2. The van der Waals surface area contributed by atoms with E-state index in [0.29, 0.717) is 5.17 Å². The lowest BCUT2D eigenvalue weighted by atomic mass is 10.0. The summed E-state index contributed by atoms with van der Waals surface area (Å²) in [6.07, 6.45) is 1.95. The standard InChI is InChI=1S/C23H27BrN2O2S/c24-21-9-5-4-8-19(21)16-20-17-26(23(29)28-20)22(18-6-2-1-3-7-18)10-11-25-12-14-27-15-13-25/h1-9,20,22H,10-17H2. The molecule has 4 rings (SSSR count). The monoisotopic (exact) mass is 474 g/mol. The van der Waals surface area contributed by atoms with E-state index in [1.54, 1.807) is 0 Å². The van der Waals surface area contributed by atoms with Gasteiger partial charge in [-0.25, -0.2) is 0 Å². The molecule has 2 saturated heterocycles. The molecule has 0 saturated carbocycles. The molecule has 2 atom stereocenters. The van der Waals surface area contributed by atoms with Crippen molar-refractivity contribution in [1.82, 2.24) is 9.80 Å². The Balaban J connectivity index is 1.46. The lowest BCUT2D eigenvalue weighted by molar-refractivity contribution is 0.0348. The number of hydrogen-bond acceptors (Lipinski definition) is 4. The Morgan fingerprint density at radius 3 is 2.52 bits per heavy atom. The second-order valence-electron chi connectivity index (χ2n) is 7.62. The minimum atomic E-state index is 0.0794. The van der Waals surface area contributed by atoms with E-state index < -0.39 is 0 Å². The fraction of sp³-hybridized carbons (Fsp3) is 0.435. The Bertz CT molecular complexity index is 814. The Morgan fingerprint density at radius 1 is 1.03 bits per heavy atom. The number of halogens is 1. The quantitative estimate of drug-likeness (QED) is 0.552.